The standard InChI is InChI=1S/C15H16Cl2N2/c1-15(2,11-6-4-3-5-7-11)10-19-14-13(17)8-12(16)9-18-14/h3-9H,10H2,1-2H3,(H,18,19). The van der Waals surface area contributed by atoms with E-state index in [-0.39, 0.29) is 5.41 Å². The maximum absolute atomic E-state index is 6.09. The van der Waals surface area contributed by atoms with Crippen LogP contribution in [0.4, 0.5) is 5.82 Å². The molecule has 0 aliphatic rings. The molecule has 0 amide bonds. The zero-order chi connectivity index (χ0) is 13.9. The van der Waals surface area contributed by atoms with Crippen LogP contribution in [0.25, 0.3) is 0 Å². The van der Waals surface area contributed by atoms with Gasteiger partial charge in [0.15, 0.2) is 0 Å². The van der Waals surface area contributed by atoms with Crippen LogP contribution in [0.3, 0.4) is 0 Å². The summed E-state index contributed by atoms with van der Waals surface area (Å²) in [5, 5.41) is 4.36. The maximum atomic E-state index is 6.09. The van der Waals surface area contributed by atoms with Crippen molar-refractivity contribution in [1.29, 1.82) is 0 Å². The quantitative estimate of drug-likeness (QED) is 0.878. The molecule has 0 spiro atoms. The monoisotopic (exact) mass is 294 g/mol. The lowest BCUT2D eigenvalue weighted by molar-refractivity contribution is 0.556. The molecule has 19 heavy (non-hydrogen) atoms. The number of rotatable bonds is 4. The normalized spacial score (nSPS) is 11.4. The number of nitrogens with zero attached hydrogens (tertiary/aromatic N) is 1. The van der Waals surface area contributed by atoms with Crippen LogP contribution in [0.5, 0.6) is 0 Å². The Balaban J connectivity index is 2.09. The highest BCUT2D eigenvalue weighted by Crippen LogP contribution is 2.26. The lowest BCUT2D eigenvalue weighted by Gasteiger charge is -2.26. The first-order valence-corrected chi connectivity index (χ1v) is 6.85. The van der Waals surface area contributed by atoms with E-state index in [1.807, 2.05) is 18.2 Å². The topological polar surface area (TPSA) is 24.9 Å². The first kappa shape index (κ1) is 14.2. The van der Waals surface area contributed by atoms with E-state index in [2.05, 4.69) is 36.3 Å². The smallest absolute Gasteiger partial charge is 0.144 e. The van der Waals surface area contributed by atoms with Gasteiger partial charge in [0.05, 0.1) is 10.0 Å². The van der Waals surface area contributed by atoms with Gasteiger partial charge in [-0.05, 0) is 11.6 Å². The zero-order valence-corrected chi connectivity index (χ0v) is 12.5. The van der Waals surface area contributed by atoms with Gasteiger partial charge in [-0.3, -0.25) is 0 Å². The van der Waals surface area contributed by atoms with Gasteiger partial charge in [-0.1, -0.05) is 67.4 Å². The molecule has 1 N–H and O–H groups in total. The lowest BCUT2D eigenvalue weighted by Crippen LogP contribution is -2.27. The van der Waals surface area contributed by atoms with Crippen LogP contribution in [0.1, 0.15) is 19.4 Å². The molecule has 0 bridgehead atoms. The second kappa shape index (κ2) is 5.81. The van der Waals surface area contributed by atoms with Crippen molar-refractivity contribution in [2.75, 3.05) is 11.9 Å². The van der Waals surface area contributed by atoms with Crippen molar-refractivity contribution in [3.8, 4) is 0 Å². The van der Waals surface area contributed by atoms with Crippen LogP contribution in [0, 0.1) is 0 Å². The molecule has 0 radical (unpaired) electrons. The van der Waals surface area contributed by atoms with Gasteiger partial charge in [0.2, 0.25) is 0 Å². The maximum Gasteiger partial charge on any atom is 0.144 e. The van der Waals surface area contributed by atoms with Gasteiger partial charge < -0.3 is 5.32 Å². The number of halogens is 2. The van der Waals surface area contributed by atoms with E-state index in [0.717, 1.165) is 6.54 Å². The molecule has 0 fully saturated rings. The molecule has 2 nitrogen and oxygen atoms in total. The van der Waals surface area contributed by atoms with Gasteiger partial charge >= 0.3 is 0 Å². The average Bonchev–Trinajstić information content (AvgIpc) is 2.39. The number of hydrogen-bond donors (Lipinski definition) is 1. The summed E-state index contributed by atoms with van der Waals surface area (Å²) in [6, 6.07) is 12.0. The highest BCUT2D eigenvalue weighted by Gasteiger charge is 2.20. The van der Waals surface area contributed by atoms with E-state index in [1.54, 1.807) is 12.3 Å². The van der Waals surface area contributed by atoms with Gasteiger partial charge in [-0.25, -0.2) is 4.98 Å². The Morgan fingerprint density at radius 1 is 1.16 bits per heavy atom. The summed E-state index contributed by atoms with van der Waals surface area (Å²) in [7, 11) is 0. The van der Waals surface area contributed by atoms with Crippen molar-refractivity contribution in [3.63, 3.8) is 0 Å². The molecule has 0 atom stereocenters. The molecule has 0 unspecified atom stereocenters. The van der Waals surface area contributed by atoms with Crippen molar-refractivity contribution < 1.29 is 0 Å². The van der Waals surface area contributed by atoms with E-state index in [1.165, 1.54) is 5.56 Å². The molecule has 0 saturated carbocycles. The van der Waals surface area contributed by atoms with Crippen LogP contribution in [-0.2, 0) is 5.41 Å². The fraction of sp³-hybridized carbons (Fsp3) is 0.267. The number of hydrogen-bond acceptors (Lipinski definition) is 2. The highest BCUT2D eigenvalue weighted by atomic mass is 35.5. The van der Waals surface area contributed by atoms with E-state index in [9.17, 15) is 0 Å². The zero-order valence-electron chi connectivity index (χ0n) is 11.0. The third-order valence-corrected chi connectivity index (χ3v) is 3.56. The Hall–Kier alpha value is -1.25. The Bertz CT molecular complexity index is 553. The molecule has 0 aliphatic carbocycles. The second-order valence-corrected chi connectivity index (χ2v) is 5.93. The van der Waals surface area contributed by atoms with Crippen LogP contribution >= 0.6 is 23.2 Å². The largest absolute Gasteiger partial charge is 0.368 e. The minimum absolute atomic E-state index is 0.00803. The van der Waals surface area contributed by atoms with E-state index in [0.29, 0.717) is 15.9 Å². The average molecular weight is 295 g/mol. The van der Waals surface area contributed by atoms with E-state index in [4.69, 9.17) is 23.2 Å². The molecule has 1 heterocycles. The van der Waals surface area contributed by atoms with Crippen molar-refractivity contribution in [3.05, 3.63) is 58.2 Å². The van der Waals surface area contributed by atoms with Gasteiger partial charge in [0.1, 0.15) is 5.82 Å². The van der Waals surface area contributed by atoms with Crippen LogP contribution in [0.15, 0.2) is 42.6 Å². The molecule has 1 aromatic carbocycles. The number of nitrogens with one attached hydrogen (secondary N) is 1. The Labute approximate surface area is 123 Å². The molecule has 0 aliphatic heterocycles. The predicted octanol–water partition coefficient (Wildman–Crippen LogP) is 4.78. The predicted molar refractivity (Wildman–Crippen MR) is 82.2 cm³/mol. The fourth-order valence-corrected chi connectivity index (χ4v) is 2.29. The minimum Gasteiger partial charge on any atom is -0.368 e. The summed E-state index contributed by atoms with van der Waals surface area (Å²) in [6.45, 7) is 5.10. The summed E-state index contributed by atoms with van der Waals surface area (Å²) >= 11 is 11.9. The van der Waals surface area contributed by atoms with E-state index >= 15 is 0 Å². The number of benzene rings is 1. The van der Waals surface area contributed by atoms with E-state index < -0.39 is 0 Å². The summed E-state index contributed by atoms with van der Waals surface area (Å²) in [6.07, 6.45) is 1.59. The molecular formula is C15H16Cl2N2. The minimum atomic E-state index is -0.00803. The van der Waals surface area contributed by atoms with Crippen molar-refractivity contribution in [2.24, 2.45) is 0 Å². The molecule has 1 aromatic heterocycles. The van der Waals surface area contributed by atoms with Crippen molar-refractivity contribution in [1.82, 2.24) is 4.98 Å². The number of aromatic nitrogens is 1. The summed E-state index contributed by atoms with van der Waals surface area (Å²) in [5.74, 6) is 0.662. The molecule has 0 saturated heterocycles. The Morgan fingerprint density at radius 3 is 2.47 bits per heavy atom. The SMILES string of the molecule is CC(C)(CNc1ncc(Cl)cc1Cl)c1ccccc1. The van der Waals surface area contributed by atoms with Gasteiger partial charge in [0.25, 0.3) is 0 Å². The Kier molecular flexibility index (Phi) is 4.33. The summed E-state index contributed by atoms with van der Waals surface area (Å²) in [4.78, 5) is 4.20. The van der Waals surface area contributed by atoms with Crippen molar-refractivity contribution in [2.45, 2.75) is 19.3 Å². The van der Waals surface area contributed by atoms with Crippen LogP contribution in [-0.4, -0.2) is 11.5 Å². The third-order valence-electron chi connectivity index (χ3n) is 3.06. The summed E-state index contributed by atoms with van der Waals surface area (Å²) in [5.41, 5.74) is 1.26. The lowest BCUT2D eigenvalue weighted by atomic mass is 9.84. The Morgan fingerprint density at radius 2 is 1.84 bits per heavy atom. The molecular weight excluding hydrogens is 279 g/mol. The molecule has 2 aromatic rings. The molecule has 4 heteroatoms. The molecule has 2 rings (SSSR count). The summed E-state index contributed by atoms with van der Waals surface area (Å²) < 4.78 is 0. The van der Waals surface area contributed by atoms with Crippen molar-refractivity contribution >= 4 is 29.0 Å². The third kappa shape index (κ3) is 3.62. The highest BCUT2D eigenvalue weighted by molar-refractivity contribution is 6.35. The number of anilines is 1. The van der Waals surface area contributed by atoms with Gasteiger partial charge in [-0.2, -0.15) is 0 Å². The van der Waals surface area contributed by atoms with Crippen LogP contribution < -0.4 is 5.32 Å². The first-order chi connectivity index (χ1) is 8.99. The van der Waals surface area contributed by atoms with Gasteiger partial charge in [0, 0.05) is 18.2 Å². The van der Waals surface area contributed by atoms with Gasteiger partial charge in [-0.15, -0.1) is 0 Å². The molecule has 100 valence electrons. The first-order valence-electron chi connectivity index (χ1n) is 6.09. The second-order valence-electron chi connectivity index (χ2n) is 5.09. The van der Waals surface area contributed by atoms with Crippen LogP contribution in [0.2, 0.25) is 10.0 Å². The fourth-order valence-electron chi connectivity index (χ4n) is 1.84. The number of pyridine rings is 1.